The molecule has 114 valence electrons. The van der Waals surface area contributed by atoms with Gasteiger partial charge in [0, 0.05) is 24.7 Å². The van der Waals surface area contributed by atoms with Gasteiger partial charge in [0.2, 0.25) is 5.88 Å². The maximum Gasteiger partial charge on any atom is 0.337 e. The van der Waals surface area contributed by atoms with E-state index in [2.05, 4.69) is 15.2 Å². The molecule has 0 spiro atoms. The number of aromatic nitrogens is 2. The predicted octanol–water partition coefficient (Wildman–Crippen LogP) is 1.70. The molecule has 0 saturated carbocycles. The van der Waals surface area contributed by atoms with E-state index < -0.39 is 5.97 Å². The normalized spacial score (nSPS) is 13.0. The van der Waals surface area contributed by atoms with Crippen LogP contribution in [0.5, 0.6) is 5.88 Å². The van der Waals surface area contributed by atoms with Gasteiger partial charge in [-0.3, -0.25) is 4.79 Å². The second-order valence-electron chi connectivity index (χ2n) is 4.82. The molecule has 3 rings (SSSR count). The highest BCUT2D eigenvalue weighted by Gasteiger charge is 2.18. The van der Waals surface area contributed by atoms with E-state index in [0.717, 1.165) is 13.0 Å². The van der Waals surface area contributed by atoms with Crippen molar-refractivity contribution in [1.82, 2.24) is 9.78 Å². The van der Waals surface area contributed by atoms with E-state index in [1.165, 1.54) is 7.11 Å². The van der Waals surface area contributed by atoms with E-state index in [9.17, 15) is 9.59 Å². The van der Waals surface area contributed by atoms with Gasteiger partial charge < -0.3 is 14.8 Å². The maximum absolute atomic E-state index is 12.2. The molecule has 2 heterocycles. The lowest BCUT2D eigenvalue weighted by Gasteiger charge is -2.13. The lowest BCUT2D eigenvalue weighted by Crippen LogP contribution is -2.16. The van der Waals surface area contributed by atoms with E-state index in [-0.39, 0.29) is 5.91 Å². The van der Waals surface area contributed by atoms with E-state index in [1.807, 2.05) is 0 Å². The fourth-order valence-electron chi connectivity index (χ4n) is 2.18. The standard InChI is InChI=1S/C15H15N3O4/c1-21-15(20)10-3-5-11(6-4-10)16-14(19)12-9-13-18(17-12)7-2-8-22-13/h3-6,9H,2,7-8H2,1H3,(H,16,19). The number of aryl methyl sites for hydroxylation is 1. The van der Waals surface area contributed by atoms with Crippen LogP contribution in [-0.2, 0) is 11.3 Å². The second-order valence-corrected chi connectivity index (χ2v) is 4.82. The van der Waals surface area contributed by atoms with E-state index in [1.54, 1.807) is 35.0 Å². The molecule has 7 nitrogen and oxygen atoms in total. The van der Waals surface area contributed by atoms with Crippen LogP contribution in [0.2, 0.25) is 0 Å². The molecule has 0 saturated heterocycles. The molecule has 22 heavy (non-hydrogen) atoms. The van der Waals surface area contributed by atoms with E-state index in [4.69, 9.17) is 4.74 Å². The fourth-order valence-corrected chi connectivity index (χ4v) is 2.18. The summed E-state index contributed by atoms with van der Waals surface area (Å²) in [5, 5.41) is 6.94. The Hall–Kier alpha value is -2.83. The summed E-state index contributed by atoms with van der Waals surface area (Å²) in [5.74, 6) is -0.134. The van der Waals surface area contributed by atoms with Gasteiger partial charge in [0.05, 0.1) is 19.3 Å². The summed E-state index contributed by atoms with van der Waals surface area (Å²) < 4.78 is 11.7. The summed E-state index contributed by atoms with van der Waals surface area (Å²) >= 11 is 0. The number of nitrogens with one attached hydrogen (secondary N) is 1. The smallest absolute Gasteiger partial charge is 0.337 e. The third kappa shape index (κ3) is 2.78. The van der Waals surface area contributed by atoms with Crippen LogP contribution in [0.15, 0.2) is 30.3 Å². The number of esters is 1. The van der Waals surface area contributed by atoms with Crippen LogP contribution in [0, 0.1) is 0 Å². The molecule has 1 aromatic carbocycles. The van der Waals surface area contributed by atoms with Crippen LogP contribution >= 0.6 is 0 Å². The lowest BCUT2D eigenvalue weighted by atomic mass is 10.2. The van der Waals surface area contributed by atoms with Crippen LogP contribution in [0.3, 0.4) is 0 Å². The zero-order valence-electron chi connectivity index (χ0n) is 12.0. The molecule has 0 unspecified atom stereocenters. The van der Waals surface area contributed by atoms with Crippen LogP contribution in [-0.4, -0.2) is 35.4 Å². The van der Waals surface area contributed by atoms with Crippen LogP contribution in [0.25, 0.3) is 0 Å². The summed E-state index contributed by atoms with van der Waals surface area (Å²) in [6.07, 6.45) is 0.880. The number of hydrogen-bond acceptors (Lipinski definition) is 5. The number of nitrogens with zero attached hydrogens (tertiary/aromatic N) is 2. The van der Waals surface area contributed by atoms with E-state index in [0.29, 0.717) is 29.4 Å². The highest BCUT2D eigenvalue weighted by atomic mass is 16.5. The fraction of sp³-hybridized carbons (Fsp3) is 0.267. The first-order valence-corrected chi connectivity index (χ1v) is 6.88. The average Bonchev–Trinajstić information content (AvgIpc) is 2.99. The Balaban J connectivity index is 1.71. The van der Waals surface area contributed by atoms with Gasteiger partial charge in [0.1, 0.15) is 0 Å². The van der Waals surface area contributed by atoms with Gasteiger partial charge in [0.15, 0.2) is 5.69 Å². The third-order valence-electron chi connectivity index (χ3n) is 3.30. The molecule has 0 aliphatic carbocycles. The van der Waals surface area contributed by atoms with Crippen molar-refractivity contribution < 1.29 is 19.1 Å². The molecule has 0 bridgehead atoms. The second kappa shape index (κ2) is 5.88. The third-order valence-corrected chi connectivity index (χ3v) is 3.30. The highest BCUT2D eigenvalue weighted by molar-refractivity contribution is 6.03. The minimum absolute atomic E-state index is 0.300. The summed E-state index contributed by atoms with van der Waals surface area (Å²) in [5.41, 5.74) is 1.30. The van der Waals surface area contributed by atoms with Gasteiger partial charge in [-0.2, -0.15) is 5.10 Å². The van der Waals surface area contributed by atoms with Crippen LogP contribution in [0.1, 0.15) is 27.3 Å². The maximum atomic E-state index is 12.2. The number of carbonyl (C=O) groups is 2. The van der Waals surface area contributed by atoms with Crippen molar-refractivity contribution in [1.29, 1.82) is 0 Å². The van der Waals surface area contributed by atoms with Crippen molar-refractivity contribution in [3.05, 3.63) is 41.6 Å². The molecule has 1 aliphatic rings. The molecule has 1 aliphatic heterocycles. The topological polar surface area (TPSA) is 82.5 Å². The largest absolute Gasteiger partial charge is 0.478 e. The summed E-state index contributed by atoms with van der Waals surface area (Å²) in [6, 6.07) is 8.07. The molecule has 2 aromatic rings. The summed E-state index contributed by atoms with van der Waals surface area (Å²) in [4.78, 5) is 23.5. The predicted molar refractivity (Wildman–Crippen MR) is 78.1 cm³/mol. The number of benzene rings is 1. The van der Waals surface area contributed by atoms with Crippen LogP contribution < -0.4 is 10.1 Å². The van der Waals surface area contributed by atoms with Crippen molar-refractivity contribution in [2.24, 2.45) is 0 Å². The number of ether oxygens (including phenoxy) is 2. The van der Waals surface area contributed by atoms with E-state index >= 15 is 0 Å². The Bertz CT molecular complexity index is 683. The molecule has 0 atom stereocenters. The molecule has 1 amide bonds. The molecular weight excluding hydrogens is 286 g/mol. The van der Waals surface area contributed by atoms with Crippen molar-refractivity contribution >= 4 is 17.6 Å². The van der Waals surface area contributed by atoms with Gasteiger partial charge in [-0.1, -0.05) is 0 Å². The first kappa shape index (κ1) is 14.1. The molecule has 7 heteroatoms. The number of rotatable bonds is 3. The number of amides is 1. The molecular formula is C15H15N3O4. The Morgan fingerprint density at radius 1 is 1.32 bits per heavy atom. The van der Waals surface area contributed by atoms with Crippen molar-refractivity contribution in [2.45, 2.75) is 13.0 Å². The summed E-state index contributed by atoms with van der Waals surface area (Å²) in [7, 11) is 1.32. The van der Waals surface area contributed by atoms with Crippen LogP contribution in [0.4, 0.5) is 5.69 Å². The number of carbonyl (C=O) groups excluding carboxylic acids is 2. The average molecular weight is 301 g/mol. The Kier molecular flexibility index (Phi) is 3.78. The van der Waals surface area contributed by atoms with Crippen molar-refractivity contribution in [3.63, 3.8) is 0 Å². The van der Waals surface area contributed by atoms with Gasteiger partial charge in [0.25, 0.3) is 5.91 Å². The molecule has 0 fully saturated rings. The first-order valence-electron chi connectivity index (χ1n) is 6.88. The minimum Gasteiger partial charge on any atom is -0.478 e. The Morgan fingerprint density at radius 3 is 2.77 bits per heavy atom. The lowest BCUT2D eigenvalue weighted by molar-refractivity contribution is 0.0600. The monoisotopic (exact) mass is 301 g/mol. The minimum atomic E-state index is -0.420. The number of fused-ring (bicyclic) bond motifs is 1. The number of anilines is 1. The number of hydrogen-bond donors (Lipinski definition) is 1. The van der Waals surface area contributed by atoms with Gasteiger partial charge in [-0.15, -0.1) is 0 Å². The zero-order chi connectivity index (χ0) is 15.5. The molecule has 1 N–H and O–H groups in total. The Labute approximate surface area is 126 Å². The van der Waals surface area contributed by atoms with Gasteiger partial charge >= 0.3 is 5.97 Å². The highest BCUT2D eigenvalue weighted by Crippen LogP contribution is 2.19. The Morgan fingerprint density at radius 2 is 2.09 bits per heavy atom. The number of methoxy groups -OCH3 is 1. The molecule has 1 aromatic heterocycles. The van der Waals surface area contributed by atoms with Crippen molar-refractivity contribution in [3.8, 4) is 5.88 Å². The zero-order valence-corrected chi connectivity index (χ0v) is 12.0. The quantitative estimate of drug-likeness (QED) is 0.873. The molecule has 0 radical (unpaired) electrons. The van der Waals surface area contributed by atoms with Crippen molar-refractivity contribution in [2.75, 3.05) is 19.0 Å². The van der Waals surface area contributed by atoms with Gasteiger partial charge in [-0.05, 0) is 24.3 Å². The summed E-state index contributed by atoms with van der Waals surface area (Å²) in [6.45, 7) is 1.39. The first-order chi connectivity index (χ1) is 10.7. The SMILES string of the molecule is COC(=O)c1ccc(NC(=O)c2cc3n(n2)CCCO3)cc1. The van der Waals surface area contributed by atoms with Gasteiger partial charge in [-0.25, -0.2) is 9.48 Å².